The zero-order chi connectivity index (χ0) is 33.4. The number of H-pyrrole nitrogens is 2. The summed E-state index contributed by atoms with van der Waals surface area (Å²) in [5.41, 5.74) is 8.10. The van der Waals surface area contributed by atoms with Gasteiger partial charge in [-0.05, 0) is 86.7 Å². The van der Waals surface area contributed by atoms with Gasteiger partial charge in [0.05, 0.1) is 48.2 Å². The Morgan fingerprint density at radius 1 is 0.542 bits per heavy atom. The third-order valence-electron chi connectivity index (χ3n) is 8.24. The first kappa shape index (κ1) is 31.3. The van der Waals surface area contributed by atoms with Gasteiger partial charge >= 0.3 is 0 Å². The second-order valence-corrected chi connectivity index (χ2v) is 11.7. The third kappa shape index (κ3) is 6.85. The van der Waals surface area contributed by atoms with E-state index in [9.17, 15) is 17.6 Å². The molecule has 5 heterocycles. The fraction of sp³-hybridized carbons (Fsp3) is 0.158. The molecule has 6 nitrogen and oxygen atoms in total. The van der Waals surface area contributed by atoms with E-state index < -0.39 is 35.5 Å². The first-order chi connectivity index (χ1) is 23.2. The normalized spacial score (nSPS) is 13.6. The first-order valence-corrected chi connectivity index (χ1v) is 15.4. The van der Waals surface area contributed by atoms with Crippen molar-refractivity contribution in [2.75, 3.05) is 0 Å². The van der Waals surface area contributed by atoms with E-state index in [1.165, 1.54) is 24.3 Å². The van der Waals surface area contributed by atoms with Crippen molar-refractivity contribution in [3.05, 3.63) is 141 Å². The summed E-state index contributed by atoms with van der Waals surface area (Å²) in [5, 5.41) is 0. The monoisotopic (exact) mass is 650 g/mol. The van der Waals surface area contributed by atoms with E-state index in [4.69, 9.17) is 19.4 Å². The maximum atomic E-state index is 14.4. The Morgan fingerprint density at radius 3 is 1.48 bits per heavy atom. The lowest BCUT2D eigenvalue weighted by molar-refractivity contribution is 0.0517. The Labute approximate surface area is 273 Å². The van der Waals surface area contributed by atoms with Crippen LogP contribution in [0.4, 0.5) is 17.6 Å². The molecule has 0 aliphatic carbocycles. The molecule has 7 rings (SSSR count). The summed E-state index contributed by atoms with van der Waals surface area (Å²) in [6.07, 6.45) is 6.71. The largest absolute Gasteiger partial charge is 0.369 e. The highest BCUT2D eigenvalue weighted by atomic mass is 19.1. The number of hydrogen-bond acceptors (Lipinski definition) is 4. The van der Waals surface area contributed by atoms with Gasteiger partial charge in [0.25, 0.3) is 0 Å². The average molecular weight is 651 g/mol. The van der Waals surface area contributed by atoms with Gasteiger partial charge in [-0.25, -0.2) is 27.5 Å². The summed E-state index contributed by atoms with van der Waals surface area (Å²) in [5.74, 6) is -2.64. The zero-order valence-electron chi connectivity index (χ0n) is 26.0. The number of benzene rings is 2. The summed E-state index contributed by atoms with van der Waals surface area (Å²) < 4.78 is 67.8. The molecule has 2 unspecified atom stereocenters. The summed E-state index contributed by atoms with van der Waals surface area (Å²) in [6, 6.07) is 18.4. The van der Waals surface area contributed by atoms with Gasteiger partial charge < -0.3 is 19.4 Å². The molecule has 48 heavy (non-hydrogen) atoms. The molecular weight excluding hydrogens is 620 g/mol. The highest BCUT2D eigenvalue weighted by Crippen LogP contribution is 2.30. The number of hydrogen-bond donors (Lipinski definition) is 2. The number of ether oxygens (including phenoxy) is 2. The highest BCUT2D eigenvalue weighted by molar-refractivity contribution is 5.79. The lowest BCUT2D eigenvalue weighted by Crippen LogP contribution is -2.02. The van der Waals surface area contributed by atoms with E-state index in [-0.39, 0.29) is 24.3 Å². The molecule has 0 radical (unpaired) electrons. The van der Waals surface area contributed by atoms with E-state index in [1.54, 1.807) is 0 Å². The Bertz CT molecular complexity index is 2260. The van der Waals surface area contributed by atoms with Crippen molar-refractivity contribution in [3.8, 4) is 0 Å². The van der Waals surface area contributed by atoms with Crippen LogP contribution in [0, 0.1) is 23.3 Å². The molecule has 0 amide bonds. The Morgan fingerprint density at radius 2 is 0.979 bits per heavy atom. The molecule has 0 saturated heterocycles. The molecule has 2 aliphatic heterocycles. The summed E-state index contributed by atoms with van der Waals surface area (Å²) in [6.45, 7) is 3.62. The summed E-state index contributed by atoms with van der Waals surface area (Å²) in [7, 11) is 0. The lowest BCUT2D eigenvalue weighted by atomic mass is 10.1. The molecule has 0 spiro atoms. The van der Waals surface area contributed by atoms with Crippen LogP contribution in [0.1, 0.15) is 71.1 Å². The predicted octanol–water partition coefficient (Wildman–Crippen LogP) is 9.77. The van der Waals surface area contributed by atoms with Crippen molar-refractivity contribution in [2.45, 2.75) is 39.3 Å². The molecule has 10 heteroatoms. The minimum absolute atomic E-state index is 0.0513. The number of fused-ring (bicyclic) bond motifs is 8. The van der Waals surface area contributed by atoms with Gasteiger partial charge in [0.15, 0.2) is 0 Å². The quantitative estimate of drug-likeness (QED) is 0.161. The van der Waals surface area contributed by atoms with E-state index in [1.807, 2.05) is 74.5 Å². The molecule has 0 saturated carbocycles. The number of nitrogens with zero attached hydrogens (tertiary/aromatic N) is 2. The molecule has 3 aromatic heterocycles. The van der Waals surface area contributed by atoms with Gasteiger partial charge in [-0.1, -0.05) is 12.1 Å². The van der Waals surface area contributed by atoms with Gasteiger partial charge in [-0.2, -0.15) is 0 Å². The summed E-state index contributed by atoms with van der Waals surface area (Å²) in [4.78, 5) is 16.4. The second kappa shape index (κ2) is 13.1. The fourth-order valence-corrected chi connectivity index (χ4v) is 5.70. The van der Waals surface area contributed by atoms with E-state index in [0.29, 0.717) is 0 Å². The topological polar surface area (TPSA) is 75.8 Å². The van der Waals surface area contributed by atoms with Crippen molar-refractivity contribution >= 4 is 46.4 Å². The van der Waals surface area contributed by atoms with Crippen LogP contribution in [0.3, 0.4) is 0 Å². The standard InChI is InChI=1S/C38H30F4N4O2/c1-21(47-19-23-3-5-25(39)11-35(23)41)33-15-31-14-29-8-7-27(43-29)13-28-9-10-30(44-28)17-37-34(16-32(46-37)18-38(33)45-31)22(2)48-20-24-4-6-26(40)12-36(24)42/h3-18,21-22,45-46H,19-20H2,1-2H3. The number of halogens is 4. The lowest BCUT2D eigenvalue weighted by Gasteiger charge is -2.13. The average Bonchev–Trinajstić information content (AvgIpc) is 3.85. The van der Waals surface area contributed by atoms with E-state index in [2.05, 4.69) is 9.97 Å². The van der Waals surface area contributed by atoms with Crippen LogP contribution in [0.25, 0.3) is 46.4 Å². The molecule has 2 N–H and O–H groups in total. The molecular formula is C38H30F4N4O2. The highest BCUT2D eigenvalue weighted by Gasteiger charge is 2.16. The van der Waals surface area contributed by atoms with Crippen molar-refractivity contribution < 1.29 is 27.0 Å². The van der Waals surface area contributed by atoms with Crippen molar-refractivity contribution in [1.82, 2.24) is 19.9 Å². The van der Waals surface area contributed by atoms with Gasteiger partial charge in [0.1, 0.15) is 23.3 Å². The van der Waals surface area contributed by atoms with Gasteiger partial charge in [0.2, 0.25) is 0 Å². The van der Waals surface area contributed by atoms with Crippen molar-refractivity contribution in [1.29, 1.82) is 0 Å². The minimum Gasteiger partial charge on any atom is -0.369 e. The molecule has 0 fully saturated rings. The van der Waals surface area contributed by atoms with Crippen LogP contribution in [0.2, 0.25) is 0 Å². The minimum atomic E-state index is -0.670. The molecule has 2 aliphatic rings. The third-order valence-corrected chi connectivity index (χ3v) is 8.24. The predicted molar refractivity (Wildman–Crippen MR) is 178 cm³/mol. The van der Waals surface area contributed by atoms with Crippen molar-refractivity contribution in [2.24, 2.45) is 0 Å². The van der Waals surface area contributed by atoms with Gasteiger partial charge in [-0.15, -0.1) is 0 Å². The number of aromatic amines is 2. The van der Waals surface area contributed by atoms with Gasteiger partial charge in [0, 0.05) is 56.5 Å². The second-order valence-electron chi connectivity index (χ2n) is 11.7. The molecule has 8 bridgehead atoms. The van der Waals surface area contributed by atoms with Gasteiger partial charge in [-0.3, -0.25) is 0 Å². The van der Waals surface area contributed by atoms with Crippen molar-refractivity contribution in [3.63, 3.8) is 0 Å². The number of rotatable bonds is 8. The Kier molecular flexibility index (Phi) is 8.51. The Balaban J connectivity index is 1.32. The first-order valence-electron chi connectivity index (χ1n) is 15.4. The molecule has 2 aromatic carbocycles. The van der Waals surface area contributed by atoms with E-state index in [0.717, 1.165) is 68.1 Å². The maximum absolute atomic E-state index is 14.4. The van der Waals surface area contributed by atoms with Crippen LogP contribution in [0.15, 0.2) is 72.8 Å². The summed E-state index contributed by atoms with van der Waals surface area (Å²) >= 11 is 0. The smallest absolute Gasteiger partial charge is 0.131 e. The fourth-order valence-electron chi connectivity index (χ4n) is 5.70. The van der Waals surface area contributed by atoms with E-state index >= 15 is 0 Å². The Hall–Kier alpha value is -5.32. The van der Waals surface area contributed by atoms with Crippen LogP contribution < -0.4 is 0 Å². The molecule has 242 valence electrons. The van der Waals surface area contributed by atoms with Crippen LogP contribution in [-0.4, -0.2) is 19.9 Å². The van der Waals surface area contributed by atoms with Crippen LogP contribution in [-0.2, 0) is 22.7 Å². The zero-order valence-corrected chi connectivity index (χ0v) is 26.0. The maximum Gasteiger partial charge on any atom is 0.131 e. The molecule has 2 atom stereocenters. The number of aromatic nitrogens is 4. The van der Waals surface area contributed by atoms with Crippen LogP contribution >= 0.6 is 0 Å². The van der Waals surface area contributed by atoms with Crippen LogP contribution in [0.5, 0.6) is 0 Å². The molecule has 5 aromatic rings. The SMILES string of the molecule is CC(OCc1ccc(F)cc1F)c1cc2cc3[nH]c(cc4nc(cc5nc(cc1[nH]2)C=C5)C=C4)cc3C(C)OCc1ccc(F)cc1F. The number of nitrogens with one attached hydrogen (secondary N) is 2.